The van der Waals surface area contributed by atoms with E-state index >= 15 is 0 Å². The van der Waals surface area contributed by atoms with Gasteiger partial charge in [-0.2, -0.15) is 0 Å². The van der Waals surface area contributed by atoms with E-state index in [2.05, 4.69) is 5.32 Å². The molecule has 3 N–H and O–H groups in total. The number of hydrogen-bond acceptors (Lipinski definition) is 2. The Morgan fingerprint density at radius 2 is 2.31 bits per heavy atom. The van der Waals surface area contributed by atoms with E-state index in [0.29, 0.717) is 6.54 Å². The SMILES string of the molecule is CCCNC(C(N)=O)c1cccc(Cl)c1F. The van der Waals surface area contributed by atoms with Gasteiger partial charge >= 0.3 is 0 Å². The van der Waals surface area contributed by atoms with Gasteiger partial charge in [-0.1, -0.05) is 30.7 Å². The van der Waals surface area contributed by atoms with Crippen LogP contribution in [-0.4, -0.2) is 12.5 Å². The number of hydrogen-bond donors (Lipinski definition) is 2. The van der Waals surface area contributed by atoms with E-state index in [4.69, 9.17) is 17.3 Å². The van der Waals surface area contributed by atoms with Crippen molar-refractivity contribution in [1.82, 2.24) is 5.32 Å². The molecule has 0 aliphatic heterocycles. The van der Waals surface area contributed by atoms with Crippen molar-refractivity contribution in [2.45, 2.75) is 19.4 Å². The van der Waals surface area contributed by atoms with Crippen molar-refractivity contribution in [2.24, 2.45) is 5.73 Å². The molecule has 5 heteroatoms. The number of benzene rings is 1. The summed E-state index contributed by atoms with van der Waals surface area (Å²) in [6, 6.07) is 3.68. The molecule has 1 unspecified atom stereocenters. The molecule has 0 heterocycles. The molecule has 1 rings (SSSR count). The fourth-order valence-electron chi connectivity index (χ4n) is 1.40. The van der Waals surface area contributed by atoms with Gasteiger partial charge in [0.15, 0.2) is 0 Å². The van der Waals surface area contributed by atoms with Gasteiger partial charge in [-0.3, -0.25) is 4.79 Å². The van der Waals surface area contributed by atoms with Gasteiger partial charge in [-0.15, -0.1) is 0 Å². The first-order valence-corrected chi connectivity index (χ1v) is 5.42. The lowest BCUT2D eigenvalue weighted by atomic mass is 10.1. The Bertz CT molecular complexity index is 384. The lowest BCUT2D eigenvalue weighted by molar-refractivity contribution is -0.120. The number of carbonyl (C=O) groups excluding carboxylic acids is 1. The summed E-state index contributed by atoms with van der Waals surface area (Å²) in [4.78, 5) is 11.2. The minimum atomic E-state index is -0.835. The molecular formula is C11H14ClFN2O. The van der Waals surface area contributed by atoms with Crippen LogP contribution in [-0.2, 0) is 4.79 Å². The van der Waals surface area contributed by atoms with Crippen LogP contribution in [0.25, 0.3) is 0 Å². The van der Waals surface area contributed by atoms with Crippen LogP contribution in [0.5, 0.6) is 0 Å². The van der Waals surface area contributed by atoms with Crippen molar-refractivity contribution >= 4 is 17.5 Å². The molecule has 0 spiro atoms. The minimum absolute atomic E-state index is 0.0120. The van der Waals surface area contributed by atoms with E-state index in [0.717, 1.165) is 6.42 Å². The Hall–Kier alpha value is -1.13. The zero-order valence-electron chi connectivity index (χ0n) is 8.97. The highest BCUT2D eigenvalue weighted by molar-refractivity contribution is 6.30. The lowest BCUT2D eigenvalue weighted by Crippen LogP contribution is -2.34. The van der Waals surface area contributed by atoms with E-state index in [-0.39, 0.29) is 10.6 Å². The molecule has 1 aromatic carbocycles. The maximum atomic E-state index is 13.7. The number of amides is 1. The van der Waals surface area contributed by atoms with Gasteiger partial charge in [0.2, 0.25) is 5.91 Å². The van der Waals surface area contributed by atoms with E-state index in [1.165, 1.54) is 12.1 Å². The number of nitrogens with one attached hydrogen (secondary N) is 1. The Morgan fingerprint density at radius 3 is 2.88 bits per heavy atom. The number of rotatable bonds is 5. The average molecular weight is 245 g/mol. The third-order valence-electron chi connectivity index (χ3n) is 2.18. The van der Waals surface area contributed by atoms with Crippen LogP contribution in [0.3, 0.4) is 0 Å². The molecular weight excluding hydrogens is 231 g/mol. The number of primary amides is 1. The van der Waals surface area contributed by atoms with Gasteiger partial charge in [0.1, 0.15) is 11.9 Å². The second-order valence-electron chi connectivity index (χ2n) is 3.43. The van der Waals surface area contributed by atoms with Crippen LogP contribution in [0.1, 0.15) is 24.9 Å². The average Bonchev–Trinajstić information content (AvgIpc) is 2.24. The number of carbonyl (C=O) groups is 1. The molecule has 1 atom stereocenters. The molecule has 16 heavy (non-hydrogen) atoms. The second-order valence-corrected chi connectivity index (χ2v) is 3.84. The molecule has 0 aliphatic carbocycles. The summed E-state index contributed by atoms with van der Waals surface area (Å²) in [5.74, 6) is -1.22. The first-order chi connectivity index (χ1) is 7.57. The van der Waals surface area contributed by atoms with Crippen molar-refractivity contribution in [1.29, 1.82) is 0 Å². The van der Waals surface area contributed by atoms with E-state index < -0.39 is 17.8 Å². The van der Waals surface area contributed by atoms with Crippen molar-refractivity contribution in [3.63, 3.8) is 0 Å². The molecule has 0 bridgehead atoms. The van der Waals surface area contributed by atoms with E-state index in [1.807, 2.05) is 6.92 Å². The fraction of sp³-hybridized carbons (Fsp3) is 0.364. The molecule has 0 fully saturated rings. The Kier molecular flexibility index (Phi) is 4.71. The van der Waals surface area contributed by atoms with Crippen LogP contribution in [0, 0.1) is 5.82 Å². The summed E-state index contributed by atoms with van der Waals surface area (Å²) >= 11 is 5.64. The standard InChI is InChI=1S/C11H14ClFN2O/c1-2-6-15-10(11(14)16)7-4-3-5-8(12)9(7)13/h3-5,10,15H,2,6H2,1H3,(H2,14,16). The maximum Gasteiger partial charge on any atom is 0.239 e. The molecule has 1 aromatic rings. The summed E-state index contributed by atoms with van der Waals surface area (Å²) in [6.45, 7) is 2.53. The molecule has 1 amide bonds. The van der Waals surface area contributed by atoms with Gasteiger partial charge in [0.25, 0.3) is 0 Å². The summed E-state index contributed by atoms with van der Waals surface area (Å²) < 4.78 is 13.7. The highest BCUT2D eigenvalue weighted by Gasteiger charge is 2.21. The third-order valence-corrected chi connectivity index (χ3v) is 2.47. The molecule has 0 saturated heterocycles. The Balaban J connectivity index is 3.01. The Labute approximate surface area is 98.8 Å². The van der Waals surface area contributed by atoms with Gasteiger partial charge in [-0.05, 0) is 19.0 Å². The summed E-state index contributed by atoms with van der Waals surface area (Å²) in [7, 11) is 0. The van der Waals surface area contributed by atoms with Crippen molar-refractivity contribution < 1.29 is 9.18 Å². The molecule has 0 saturated carbocycles. The first-order valence-electron chi connectivity index (χ1n) is 5.04. The van der Waals surface area contributed by atoms with Gasteiger partial charge in [0.05, 0.1) is 5.02 Å². The maximum absolute atomic E-state index is 13.7. The van der Waals surface area contributed by atoms with Crippen LogP contribution in [0.15, 0.2) is 18.2 Å². The number of nitrogens with two attached hydrogens (primary N) is 1. The Morgan fingerprint density at radius 1 is 1.62 bits per heavy atom. The second kappa shape index (κ2) is 5.82. The molecule has 0 aromatic heterocycles. The fourth-order valence-corrected chi connectivity index (χ4v) is 1.58. The topological polar surface area (TPSA) is 55.1 Å². The van der Waals surface area contributed by atoms with Crippen LogP contribution >= 0.6 is 11.6 Å². The zero-order valence-corrected chi connectivity index (χ0v) is 9.72. The first kappa shape index (κ1) is 12.9. The van der Waals surface area contributed by atoms with Gasteiger partial charge in [-0.25, -0.2) is 4.39 Å². The van der Waals surface area contributed by atoms with Crippen LogP contribution < -0.4 is 11.1 Å². The normalized spacial score (nSPS) is 12.4. The van der Waals surface area contributed by atoms with Crippen molar-refractivity contribution in [3.05, 3.63) is 34.6 Å². The summed E-state index contributed by atoms with van der Waals surface area (Å²) in [6.07, 6.45) is 0.825. The van der Waals surface area contributed by atoms with Gasteiger partial charge in [0, 0.05) is 5.56 Å². The number of halogens is 2. The smallest absolute Gasteiger partial charge is 0.239 e. The molecule has 0 radical (unpaired) electrons. The van der Waals surface area contributed by atoms with Crippen LogP contribution in [0.4, 0.5) is 4.39 Å². The highest BCUT2D eigenvalue weighted by atomic mass is 35.5. The van der Waals surface area contributed by atoms with Crippen LogP contribution in [0.2, 0.25) is 5.02 Å². The largest absolute Gasteiger partial charge is 0.368 e. The molecule has 0 aliphatic rings. The zero-order chi connectivity index (χ0) is 12.1. The van der Waals surface area contributed by atoms with E-state index in [9.17, 15) is 9.18 Å². The van der Waals surface area contributed by atoms with E-state index in [1.54, 1.807) is 6.07 Å². The monoisotopic (exact) mass is 244 g/mol. The quantitative estimate of drug-likeness (QED) is 0.833. The predicted octanol–water partition coefficient (Wildman–Crippen LogP) is 2.01. The summed E-state index contributed by atoms with van der Waals surface area (Å²) in [5, 5.41) is 2.87. The summed E-state index contributed by atoms with van der Waals surface area (Å²) in [5.41, 5.74) is 5.41. The minimum Gasteiger partial charge on any atom is -0.368 e. The van der Waals surface area contributed by atoms with Crippen molar-refractivity contribution in [3.8, 4) is 0 Å². The van der Waals surface area contributed by atoms with Crippen molar-refractivity contribution in [2.75, 3.05) is 6.54 Å². The molecule has 3 nitrogen and oxygen atoms in total. The third kappa shape index (κ3) is 2.93. The highest BCUT2D eigenvalue weighted by Crippen LogP contribution is 2.23. The van der Waals surface area contributed by atoms with Gasteiger partial charge < -0.3 is 11.1 Å². The lowest BCUT2D eigenvalue weighted by Gasteiger charge is -2.16. The predicted molar refractivity (Wildman–Crippen MR) is 61.6 cm³/mol. The molecule has 88 valence electrons.